The summed E-state index contributed by atoms with van der Waals surface area (Å²) in [7, 11) is 0. The smallest absolute Gasteiger partial charge is 0.204 e. The SMILES string of the molecule is Cc1cc(Cl)c(-n2ccnc2N)cc1Cl. The quantitative estimate of drug-likeness (QED) is 0.835. The molecule has 0 unspecified atom stereocenters. The van der Waals surface area contributed by atoms with E-state index >= 15 is 0 Å². The van der Waals surface area contributed by atoms with E-state index in [9.17, 15) is 0 Å². The normalized spacial score (nSPS) is 10.6. The van der Waals surface area contributed by atoms with Gasteiger partial charge in [0.05, 0.1) is 10.7 Å². The molecule has 0 bridgehead atoms. The Labute approximate surface area is 97.4 Å². The first kappa shape index (κ1) is 10.3. The van der Waals surface area contributed by atoms with Crippen LogP contribution in [0.2, 0.25) is 10.0 Å². The molecule has 0 fully saturated rings. The van der Waals surface area contributed by atoms with Crippen LogP contribution in [0.15, 0.2) is 24.5 Å². The summed E-state index contributed by atoms with van der Waals surface area (Å²) < 4.78 is 1.69. The molecule has 2 aromatic rings. The Morgan fingerprint density at radius 2 is 2.00 bits per heavy atom. The third-order valence-corrected chi connectivity index (χ3v) is 2.87. The summed E-state index contributed by atoms with van der Waals surface area (Å²) in [5.74, 6) is 0.386. The Morgan fingerprint density at radius 3 is 2.60 bits per heavy atom. The first-order valence-electron chi connectivity index (χ1n) is 4.34. The van der Waals surface area contributed by atoms with E-state index in [1.165, 1.54) is 0 Å². The zero-order valence-electron chi connectivity index (χ0n) is 8.04. The van der Waals surface area contributed by atoms with E-state index < -0.39 is 0 Å². The van der Waals surface area contributed by atoms with Crippen molar-refractivity contribution in [2.75, 3.05) is 5.73 Å². The lowest BCUT2D eigenvalue weighted by Gasteiger charge is -2.09. The molecular weight excluding hydrogens is 233 g/mol. The van der Waals surface area contributed by atoms with Gasteiger partial charge in [0, 0.05) is 17.4 Å². The first-order valence-corrected chi connectivity index (χ1v) is 5.10. The van der Waals surface area contributed by atoms with Gasteiger partial charge in [-0.2, -0.15) is 0 Å². The highest BCUT2D eigenvalue weighted by Crippen LogP contribution is 2.28. The van der Waals surface area contributed by atoms with Crippen molar-refractivity contribution in [1.82, 2.24) is 9.55 Å². The third kappa shape index (κ3) is 1.80. The first-order chi connectivity index (χ1) is 7.09. The van der Waals surface area contributed by atoms with Gasteiger partial charge in [-0.15, -0.1) is 0 Å². The predicted octanol–water partition coefficient (Wildman–Crippen LogP) is 3.07. The van der Waals surface area contributed by atoms with Gasteiger partial charge in [0.15, 0.2) is 0 Å². The standard InChI is InChI=1S/C10H9Cl2N3/c1-6-4-8(12)9(5-7(6)11)15-3-2-14-10(15)13/h2-5H,1H3,(H2,13,14). The summed E-state index contributed by atoms with van der Waals surface area (Å²) in [6.45, 7) is 1.90. The average molecular weight is 242 g/mol. The fraction of sp³-hybridized carbons (Fsp3) is 0.100. The number of aromatic nitrogens is 2. The number of hydrogen-bond donors (Lipinski definition) is 1. The lowest BCUT2D eigenvalue weighted by Crippen LogP contribution is -2.00. The van der Waals surface area contributed by atoms with Gasteiger partial charge in [0.25, 0.3) is 0 Å². The van der Waals surface area contributed by atoms with Gasteiger partial charge in [-0.1, -0.05) is 23.2 Å². The molecule has 78 valence electrons. The predicted molar refractivity (Wildman–Crippen MR) is 62.7 cm³/mol. The lowest BCUT2D eigenvalue weighted by molar-refractivity contribution is 1.07. The number of anilines is 1. The molecule has 2 N–H and O–H groups in total. The van der Waals surface area contributed by atoms with Crippen molar-refractivity contribution in [3.05, 3.63) is 40.1 Å². The van der Waals surface area contributed by atoms with Gasteiger partial charge in [-0.25, -0.2) is 4.98 Å². The molecule has 0 amide bonds. The molecule has 1 heterocycles. The number of benzene rings is 1. The minimum absolute atomic E-state index is 0.386. The number of nitrogen functional groups attached to an aromatic ring is 1. The van der Waals surface area contributed by atoms with E-state index in [4.69, 9.17) is 28.9 Å². The summed E-state index contributed by atoms with van der Waals surface area (Å²) in [5, 5.41) is 1.25. The van der Waals surface area contributed by atoms with Crippen molar-refractivity contribution >= 4 is 29.2 Å². The number of nitrogens with two attached hydrogens (primary N) is 1. The molecule has 0 aliphatic rings. The summed E-state index contributed by atoms with van der Waals surface area (Å²) in [4.78, 5) is 3.93. The van der Waals surface area contributed by atoms with Gasteiger partial charge in [-0.3, -0.25) is 4.57 Å². The second-order valence-electron chi connectivity index (χ2n) is 3.21. The van der Waals surface area contributed by atoms with Crippen molar-refractivity contribution in [2.45, 2.75) is 6.92 Å². The molecule has 0 atom stereocenters. The van der Waals surface area contributed by atoms with Crippen LogP contribution in [-0.2, 0) is 0 Å². The van der Waals surface area contributed by atoms with E-state index in [0.717, 1.165) is 11.3 Å². The van der Waals surface area contributed by atoms with E-state index in [2.05, 4.69) is 4.98 Å². The molecule has 1 aromatic carbocycles. The number of nitrogens with zero attached hydrogens (tertiary/aromatic N) is 2. The molecule has 3 nitrogen and oxygen atoms in total. The van der Waals surface area contributed by atoms with Gasteiger partial charge < -0.3 is 5.73 Å². The van der Waals surface area contributed by atoms with Crippen molar-refractivity contribution in [2.24, 2.45) is 0 Å². The van der Waals surface area contributed by atoms with Crippen LogP contribution in [0.1, 0.15) is 5.56 Å². The number of imidazole rings is 1. The fourth-order valence-corrected chi connectivity index (χ4v) is 1.81. The van der Waals surface area contributed by atoms with Crippen LogP contribution in [0.5, 0.6) is 0 Å². The molecule has 0 aliphatic heterocycles. The highest BCUT2D eigenvalue weighted by Gasteiger charge is 2.08. The monoisotopic (exact) mass is 241 g/mol. The largest absolute Gasteiger partial charge is 0.369 e. The van der Waals surface area contributed by atoms with E-state index in [1.807, 2.05) is 6.92 Å². The molecule has 1 aromatic heterocycles. The maximum Gasteiger partial charge on any atom is 0.204 e. The van der Waals surface area contributed by atoms with Gasteiger partial charge in [0.2, 0.25) is 5.95 Å². The lowest BCUT2D eigenvalue weighted by atomic mass is 10.2. The van der Waals surface area contributed by atoms with Crippen LogP contribution in [0, 0.1) is 6.92 Å². The Bertz CT molecular complexity index is 505. The summed E-state index contributed by atoms with van der Waals surface area (Å²) in [6.07, 6.45) is 3.35. The minimum atomic E-state index is 0.386. The van der Waals surface area contributed by atoms with Crippen LogP contribution in [-0.4, -0.2) is 9.55 Å². The fourth-order valence-electron chi connectivity index (χ4n) is 1.34. The molecule has 5 heteroatoms. The third-order valence-electron chi connectivity index (χ3n) is 2.16. The number of hydrogen-bond acceptors (Lipinski definition) is 2. The number of aryl methyl sites for hydroxylation is 1. The molecule has 0 saturated carbocycles. The summed E-state index contributed by atoms with van der Waals surface area (Å²) >= 11 is 12.1. The zero-order valence-corrected chi connectivity index (χ0v) is 9.55. The van der Waals surface area contributed by atoms with Crippen LogP contribution in [0.25, 0.3) is 5.69 Å². The number of rotatable bonds is 1. The highest BCUT2D eigenvalue weighted by atomic mass is 35.5. The van der Waals surface area contributed by atoms with Crippen molar-refractivity contribution in [3.8, 4) is 5.69 Å². The van der Waals surface area contributed by atoms with Gasteiger partial charge in [-0.05, 0) is 24.6 Å². The van der Waals surface area contributed by atoms with Crippen LogP contribution in [0.3, 0.4) is 0 Å². The molecule has 15 heavy (non-hydrogen) atoms. The molecule has 0 spiro atoms. The second-order valence-corrected chi connectivity index (χ2v) is 4.02. The average Bonchev–Trinajstić information content (AvgIpc) is 2.58. The van der Waals surface area contributed by atoms with Gasteiger partial charge >= 0.3 is 0 Å². The Morgan fingerprint density at radius 1 is 1.27 bits per heavy atom. The Kier molecular flexibility index (Phi) is 2.59. The van der Waals surface area contributed by atoms with Crippen molar-refractivity contribution in [3.63, 3.8) is 0 Å². The summed E-state index contributed by atoms with van der Waals surface area (Å²) in [5.41, 5.74) is 7.35. The molecule has 0 aliphatic carbocycles. The van der Waals surface area contributed by atoms with Crippen molar-refractivity contribution in [1.29, 1.82) is 0 Å². The molecule has 2 rings (SSSR count). The minimum Gasteiger partial charge on any atom is -0.369 e. The Hall–Kier alpha value is -1.19. The molecular formula is C10H9Cl2N3. The highest BCUT2D eigenvalue weighted by molar-refractivity contribution is 6.35. The maximum atomic E-state index is 6.10. The Balaban J connectivity index is 2.64. The topological polar surface area (TPSA) is 43.8 Å². The van der Waals surface area contributed by atoms with E-state index in [0.29, 0.717) is 16.0 Å². The summed E-state index contributed by atoms with van der Waals surface area (Å²) in [6, 6.07) is 3.58. The second kappa shape index (κ2) is 3.76. The molecule has 0 radical (unpaired) electrons. The molecule has 0 saturated heterocycles. The zero-order chi connectivity index (χ0) is 11.0. The number of halogens is 2. The van der Waals surface area contributed by atoms with Crippen LogP contribution in [0.4, 0.5) is 5.95 Å². The van der Waals surface area contributed by atoms with E-state index in [-0.39, 0.29) is 0 Å². The van der Waals surface area contributed by atoms with Crippen LogP contribution < -0.4 is 5.73 Å². The maximum absolute atomic E-state index is 6.10. The van der Waals surface area contributed by atoms with Crippen LogP contribution >= 0.6 is 23.2 Å². The van der Waals surface area contributed by atoms with E-state index in [1.54, 1.807) is 29.1 Å². The van der Waals surface area contributed by atoms with Gasteiger partial charge in [0.1, 0.15) is 0 Å². The van der Waals surface area contributed by atoms with Crippen molar-refractivity contribution < 1.29 is 0 Å².